The van der Waals surface area contributed by atoms with Crippen molar-refractivity contribution in [3.8, 4) is 0 Å². The summed E-state index contributed by atoms with van der Waals surface area (Å²) in [6.45, 7) is 5.12. The first-order chi connectivity index (χ1) is 10.7. The van der Waals surface area contributed by atoms with Gasteiger partial charge < -0.3 is 4.90 Å². The molecule has 0 aliphatic carbocycles. The smallest absolute Gasteiger partial charge is 0.132 e. The van der Waals surface area contributed by atoms with Gasteiger partial charge in [0.05, 0.1) is 0 Å². The third-order valence-electron chi connectivity index (χ3n) is 4.28. The third kappa shape index (κ3) is 3.57. The summed E-state index contributed by atoms with van der Waals surface area (Å²) in [6, 6.07) is 2.59. The van der Waals surface area contributed by atoms with Crippen molar-refractivity contribution in [1.82, 2.24) is 24.8 Å². The molecule has 0 atom stereocenters. The Kier molecular flexibility index (Phi) is 4.58. The summed E-state index contributed by atoms with van der Waals surface area (Å²) in [7, 11) is 2.13. The van der Waals surface area contributed by atoms with Gasteiger partial charge in [-0.25, -0.2) is 19.9 Å². The second-order valence-electron chi connectivity index (χ2n) is 5.88. The van der Waals surface area contributed by atoms with E-state index in [1.54, 1.807) is 12.7 Å². The summed E-state index contributed by atoms with van der Waals surface area (Å²) in [6.07, 6.45) is 9.31. The SMILES string of the molecule is Cc1cc(N(C)C2CCN(Cc3cncnc3)CC2)ncn1. The Labute approximate surface area is 131 Å². The average molecular weight is 298 g/mol. The molecule has 0 radical (unpaired) electrons. The largest absolute Gasteiger partial charge is 0.356 e. The Morgan fingerprint density at radius 1 is 1.14 bits per heavy atom. The number of likely N-dealkylation sites (tertiary alicyclic amines) is 1. The Balaban J connectivity index is 1.55. The molecule has 3 heterocycles. The van der Waals surface area contributed by atoms with Crippen molar-refractivity contribution >= 4 is 5.82 Å². The Bertz CT molecular complexity index is 595. The molecule has 3 rings (SSSR count). The zero-order valence-corrected chi connectivity index (χ0v) is 13.2. The van der Waals surface area contributed by atoms with Gasteiger partial charge in [-0.2, -0.15) is 0 Å². The van der Waals surface area contributed by atoms with E-state index in [2.05, 4.69) is 36.8 Å². The predicted octanol–water partition coefficient (Wildman–Crippen LogP) is 1.68. The first kappa shape index (κ1) is 14.8. The minimum absolute atomic E-state index is 0.539. The minimum atomic E-state index is 0.539. The van der Waals surface area contributed by atoms with E-state index in [1.165, 1.54) is 5.56 Å². The molecule has 6 heteroatoms. The lowest BCUT2D eigenvalue weighted by molar-refractivity contribution is 0.203. The van der Waals surface area contributed by atoms with Crippen molar-refractivity contribution in [2.24, 2.45) is 0 Å². The van der Waals surface area contributed by atoms with Gasteiger partial charge in [-0.3, -0.25) is 4.90 Å². The lowest BCUT2D eigenvalue weighted by Gasteiger charge is -2.37. The number of aryl methyl sites for hydroxylation is 1. The molecule has 1 fully saturated rings. The average Bonchev–Trinajstić information content (AvgIpc) is 2.56. The molecule has 1 aliphatic rings. The summed E-state index contributed by atoms with van der Waals surface area (Å²) < 4.78 is 0. The number of rotatable bonds is 4. The highest BCUT2D eigenvalue weighted by atomic mass is 15.2. The van der Waals surface area contributed by atoms with E-state index >= 15 is 0 Å². The van der Waals surface area contributed by atoms with Crippen LogP contribution in [-0.4, -0.2) is 51.0 Å². The van der Waals surface area contributed by atoms with Crippen LogP contribution in [0.5, 0.6) is 0 Å². The Hall–Kier alpha value is -2.08. The number of anilines is 1. The third-order valence-corrected chi connectivity index (χ3v) is 4.28. The maximum atomic E-state index is 4.39. The van der Waals surface area contributed by atoms with Crippen LogP contribution < -0.4 is 4.90 Å². The fourth-order valence-corrected chi connectivity index (χ4v) is 2.95. The normalized spacial score (nSPS) is 16.6. The first-order valence-electron chi connectivity index (χ1n) is 7.70. The van der Waals surface area contributed by atoms with Gasteiger partial charge in [-0.1, -0.05) is 0 Å². The zero-order valence-electron chi connectivity index (χ0n) is 13.2. The molecule has 0 saturated carbocycles. The molecule has 1 saturated heterocycles. The Morgan fingerprint density at radius 2 is 1.86 bits per heavy atom. The van der Waals surface area contributed by atoms with Crippen LogP contribution >= 0.6 is 0 Å². The highest BCUT2D eigenvalue weighted by molar-refractivity contribution is 5.39. The highest BCUT2D eigenvalue weighted by Gasteiger charge is 2.23. The van der Waals surface area contributed by atoms with E-state index in [9.17, 15) is 0 Å². The van der Waals surface area contributed by atoms with Gasteiger partial charge in [0.2, 0.25) is 0 Å². The van der Waals surface area contributed by atoms with Gasteiger partial charge in [0.15, 0.2) is 0 Å². The lowest BCUT2D eigenvalue weighted by Crippen LogP contribution is -2.43. The van der Waals surface area contributed by atoms with Gasteiger partial charge in [-0.15, -0.1) is 0 Å². The first-order valence-corrected chi connectivity index (χ1v) is 7.70. The summed E-state index contributed by atoms with van der Waals surface area (Å²) in [5.74, 6) is 1.02. The van der Waals surface area contributed by atoms with E-state index in [-0.39, 0.29) is 0 Å². The van der Waals surface area contributed by atoms with E-state index in [0.717, 1.165) is 44.0 Å². The number of aromatic nitrogens is 4. The van der Waals surface area contributed by atoms with Crippen LogP contribution in [0.1, 0.15) is 24.1 Å². The van der Waals surface area contributed by atoms with Gasteiger partial charge in [0.25, 0.3) is 0 Å². The lowest BCUT2D eigenvalue weighted by atomic mass is 10.0. The molecule has 0 bridgehead atoms. The Morgan fingerprint density at radius 3 is 2.55 bits per heavy atom. The van der Waals surface area contributed by atoms with Crippen molar-refractivity contribution in [2.75, 3.05) is 25.0 Å². The second-order valence-corrected chi connectivity index (χ2v) is 5.88. The van der Waals surface area contributed by atoms with Crippen LogP contribution in [0.4, 0.5) is 5.82 Å². The van der Waals surface area contributed by atoms with Crippen molar-refractivity contribution in [1.29, 1.82) is 0 Å². The van der Waals surface area contributed by atoms with Crippen LogP contribution in [0.3, 0.4) is 0 Å². The predicted molar refractivity (Wildman–Crippen MR) is 85.5 cm³/mol. The number of piperidine rings is 1. The molecule has 116 valence electrons. The maximum Gasteiger partial charge on any atom is 0.132 e. The molecule has 6 nitrogen and oxygen atoms in total. The van der Waals surface area contributed by atoms with Gasteiger partial charge in [0, 0.05) is 62.4 Å². The van der Waals surface area contributed by atoms with Crippen LogP contribution in [-0.2, 0) is 6.54 Å². The van der Waals surface area contributed by atoms with Crippen molar-refractivity contribution in [3.05, 3.63) is 42.4 Å². The van der Waals surface area contributed by atoms with Crippen LogP contribution in [0, 0.1) is 6.92 Å². The number of hydrogen-bond donors (Lipinski definition) is 0. The maximum absolute atomic E-state index is 4.39. The summed E-state index contributed by atoms with van der Waals surface area (Å²) in [5, 5.41) is 0. The molecule has 0 unspecified atom stereocenters. The fraction of sp³-hybridized carbons (Fsp3) is 0.500. The molecular formula is C16H22N6. The molecule has 2 aromatic rings. The highest BCUT2D eigenvalue weighted by Crippen LogP contribution is 2.21. The van der Waals surface area contributed by atoms with E-state index in [4.69, 9.17) is 0 Å². The molecule has 22 heavy (non-hydrogen) atoms. The van der Waals surface area contributed by atoms with Gasteiger partial charge in [0.1, 0.15) is 18.5 Å². The molecule has 0 N–H and O–H groups in total. The summed E-state index contributed by atoms with van der Waals surface area (Å²) in [5.41, 5.74) is 2.19. The van der Waals surface area contributed by atoms with Crippen LogP contribution in [0.25, 0.3) is 0 Å². The standard InChI is InChI=1S/C16H22N6/c1-13-7-16(20-12-19-13)21(2)15-3-5-22(6-4-15)10-14-8-17-11-18-9-14/h7-9,11-12,15H,3-6,10H2,1-2H3. The van der Waals surface area contributed by atoms with Crippen LogP contribution in [0.2, 0.25) is 0 Å². The quantitative estimate of drug-likeness (QED) is 0.856. The molecule has 0 spiro atoms. The number of hydrogen-bond acceptors (Lipinski definition) is 6. The van der Waals surface area contributed by atoms with E-state index in [1.807, 2.05) is 25.4 Å². The molecule has 1 aliphatic heterocycles. The number of nitrogens with zero attached hydrogens (tertiary/aromatic N) is 6. The summed E-state index contributed by atoms with van der Waals surface area (Å²) >= 11 is 0. The topological polar surface area (TPSA) is 58.0 Å². The zero-order chi connectivity index (χ0) is 15.4. The van der Waals surface area contributed by atoms with Crippen LogP contribution in [0.15, 0.2) is 31.1 Å². The fourth-order valence-electron chi connectivity index (χ4n) is 2.95. The second kappa shape index (κ2) is 6.79. The molecule has 2 aromatic heterocycles. The van der Waals surface area contributed by atoms with E-state index in [0.29, 0.717) is 6.04 Å². The monoisotopic (exact) mass is 298 g/mol. The van der Waals surface area contributed by atoms with Crippen molar-refractivity contribution in [2.45, 2.75) is 32.4 Å². The van der Waals surface area contributed by atoms with Crippen molar-refractivity contribution in [3.63, 3.8) is 0 Å². The molecule has 0 amide bonds. The minimum Gasteiger partial charge on any atom is -0.356 e. The van der Waals surface area contributed by atoms with Gasteiger partial charge in [-0.05, 0) is 19.8 Å². The van der Waals surface area contributed by atoms with Gasteiger partial charge >= 0.3 is 0 Å². The molecular weight excluding hydrogens is 276 g/mol. The van der Waals surface area contributed by atoms with E-state index < -0.39 is 0 Å². The molecule has 0 aromatic carbocycles. The summed E-state index contributed by atoms with van der Waals surface area (Å²) in [4.78, 5) is 21.5. The van der Waals surface area contributed by atoms with Crippen molar-refractivity contribution < 1.29 is 0 Å².